The van der Waals surface area contributed by atoms with Gasteiger partial charge in [0.2, 0.25) is 5.91 Å². The number of urea groups is 1. The molecule has 4 rings (SSSR count). The van der Waals surface area contributed by atoms with Crippen LogP contribution in [-0.2, 0) is 32.0 Å². The Morgan fingerprint density at radius 3 is 2.46 bits per heavy atom. The fourth-order valence-corrected chi connectivity index (χ4v) is 6.35. The van der Waals surface area contributed by atoms with Crippen LogP contribution in [0.4, 0.5) is 16.2 Å². The van der Waals surface area contributed by atoms with Crippen molar-refractivity contribution in [3.63, 3.8) is 0 Å². The summed E-state index contributed by atoms with van der Waals surface area (Å²) in [5.74, 6) is -1.26. The zero-order valence-corrected chi connectivity index (χ0v) is 21.7. The number of benzene rings is 2. The average molecular weight is 572 g/mol. The second kappa shape index (κ2) is 9.70. The number of sulfone groups is 1. The van der Waals surface area contributed by atoms with E-state index in [1.54, 1.807) is 6.07 Å². The molecule has 35 heavy (non-hydrogen) atoms. The van der Waals surface area contributed by atoms with Crippen molar-refractivity contribution in [2.24, 2.45) is 0 Å². The van der Waals surface area contributed by atoms with E-state index in [0.717, 1.165) is 22.5 Å². The molecule has 0 bridgehead atoms. The van der Waals surface area contributed by atoms with Crippen molar-refractivity contribution < 1.29 is 27.0 Å². The summed E-state index contributed by atoms with van der Waals surface area (Å²) in [6.07, 6.45) is 0.900. The maximum atomic E-state index is 13.1. The highest BCUT2D eigenvalue weighted by molar-refractivity contribution is 7.90. The van der Waals surface area contributed by atoms with Gasteiger partial charge in [0.15, 0.2) is 20.8 Å². The predicted octanol–water partition coefficient (Wildman–Crippen LogP) is 4.03. The normalized spacial score (nSPS) is 14.4. The summed E-state index contributed by atoms with van der Waals surface area (Å²) >= 11 is 13.2. The SMILES string of the molecule is CS(=O)(=O)c1ccc2c(c1)C(=O)N(c1ccc(NC(=O)NS(=O)c3ccc(Cl)s3)cc1Cl)C(=O)C2. The summed E-state index contributed by atoms with van der Waals surface area (Å²) in [4.78, 5) is 38.9. The number of fused-ring (bicyclic) bond motifs is 1. The van der Waals surface area contributed by atoms with E-state index in [1.807, 2.05) is 0 Å². The lowest BCUT2D eigenvalue weighted by atomic mass is 9.98. The molecule has 2 heterocycles. The lowest BCUT2D eigenvalue weighted by Gasteiger charge is -2.28. The molecule has 4 amide bonds. The Kier molecular flexibility index (Phi) is 7.02. The average Bonchev–Trinajstić information content (AvgIpc) is 3.20. The molecule has 1 unspecified atom stereocenters. The third-order valence-electron chi connectivity index (χ3n) is 4.90. The molecule has 1 atom stereocenters. The van der Waals surface area contributed by atoms with Gasteiger partial charge < -0.3 is 5.32 Å². The number of hydrogen-bond donors (Lipinski definition) is 2. The maximum absolute atomic E-state index is 13.1. The number of amides is 4. The molecule has 2 aromatic carbocycles. The maximum Gasteiger partial charge on any atom is 0.331 e. The number of nitrogens with zero attached hydrogens (tertiary/aromatic N) is 1. The van der Waals surface area contributed by atoms with Crippen molar-refractivity contribution in [2.45, 2.75) is 15.5 Å². The quantitative estimate of drug-likeness (QED) is 0.444. The van der Waals surface area contributed by atoms with Crippen molar-refractivity contribution in [3.05, 3.63) is 69.0 Å². The summed E-state index contributed by atoms with van der Waals surface area (Å²) in [6.45, 7) is 0. The fraction of sp³-hybridized carbons (Fsp3) is 0.0952. The number of hydrogen-bond acceptors (Lipinski definition) is 7. The summed E-state index contributed by atoms with van der Waals surface area (Å²) in [6, 6.07) is 10.4. The van der Waals surface area contributed by atoms with Crippen LogP contribution in [0.1, 0.15) is 15.9 Å². The number of halogens is 2. The van der Waals surface area contributed by atoms with Crippen molar-refractivity contribution in [2.75, 3.05) is 16.5 Å². The highest BCUT2D eigenvalue weighted by atomic mass is 35.5. The van der Waals surface area contributed by atoms with Gasteiger partial charge in [-0.3, -0.25) is 14.3 Å². The van der Waals surface area contributed by atoms with Crippen LogP contribution >= 0.6 is 34.5 Å². The monoisotopic (exact) mass is 571 g/mol. The van der Waals surface area contributed by atoms with Gasteiger partial charge in [-0.25, -0.2) is 22.3 Å². The van der Waals surface area contributed by atoms with Crippen LogP contribution in [-0.4, -0.2) is 36.7 Å². The minimum Gasteiger partial charge on any atom is -0.307 e. The lowest BCUT2D eigenvalue weighted by molar-refractivity contribution is -0.117. The van der Waals surface area contributed by atoms with Crippen LogP contribution in [0, 0.1) is 0 Å². The van der Waals surface area contributed by atoms with E-state index in [-0.39, 0.29) is 33.3 Å². The zero-order chi connectivity index (χ0) is 25.5. The largest absolute Gasteiger partial charge is 0.331 e. The standard InChI is InChI=1S/C21H15Cl2N3O6S3/c1-35(31,32)13-4-2-11-8-18(27)26(20(28)14(11)10-13)16-5-3-12(9-15(16)22)24-21(29)25-34(30)19-7-6-17(23)33-19/h2-7,9-10H,8H2,1H3,(H2,24,25,29). The minimum absolute atomic E-state index is 0.0154. The molecule has 3 aromatic rings. The molecule has 0 radical (unpaired) electrons. The molecule has 0 aliphatic carbocycles. The number of imide groups is 1. The van der Waals surface area contributed by atoms with Gasteiger partial charge in [-0.2, -0.15) is 0 Å². The van der Waals surface area contributed by atoms with E-state index in [2.05, 4.69) is 10.0 Å². The lowest BCUT2D eigenvalue weighted by Crippen LogP contribution is -2.42. The number of thiophene rings is 1. The Morgan fingerprint density at radius 1 is 1.09 bits per heavy atom. The van der Waals surface area contributed by atoms with E-state index < -0.39 is 38.7 Å². The van der Waals surface area contributed by atoms with E-state index in [9.17, 15) is 27.0 Å². The zero-order valence-electron chi connectivity index (χ0n) is 17.7. The van der Waals surface area contributed by atoms with Gasteiger partial charge in [-0.1, -0.05) is 29.3 Å². The molecule has 0 spiro atoms. The Hall–Kier alpha value is -2.77. The Balaban J connectivity index is 1.54. The van der Waals surface area contributed by atoms with Crippen LogP contribution in [0.2, 0.25) is 9.36 Å². The Labute approximate surface area is 216 Å². The summed E-state index contributed by atoms with van der Waals surface area (Å²) in [5.41, 5.74) is 0.782. The molecule has 0 saturated carbocycles. The molecule has 1 aliphatic heterocycles. The second-order valence-corrected chi connectivity index (χ2v) is 12.9. The number of carbonyl (C=O) groups is 3. The Bertz CT molecular complexity index is 1520. The molecular weight excluding hydrogens is 557 g/mol. The summed E-state index contributed by atoms with van der Waals surface area (Å²) in [5, 5.41) is 2.46. The first-order chi connectivity index (χ1) is 16.4. The molecule has 182 valence electrons. The number of nitrogens with one attached hydrogen (secondary N) is 2. The molecular formula is C21H15Cl2N3O6S3. The van der Waals surface area contributed by atoms with E-state index in [0.29, 0.717) is 14.1 Å². The highest BCUT2D eigenvalue weighted by Gasteiger charge is 2.34. The molecule has 0 fully saturated rings. The smallest absolute Gasteiger partial charge is 0.307 e. The van der Waals surface area contributed by atoms with Crippen molar-refractivity contribution in [3.8, 4) is 0 Å². The fourth-order valence-electron chi connectivity index (χ4n) is 3.31. The van der Waals surface area contributed by atoms with Gasteiger partial charge in [-0.05, 0) is 48.0 Å². The number of carbonyl (C=O) groups excluding carboxylic acids is 3. The van der Waals surface area contributed by atoms with E-state index in [4.69, 9.17) is 23.2 Å². The molecule has 1 aromatic heterocycles. The summed E-state index contributed by atoms with van der Waals surface area (Å²) in [7, 11) is -5.38. The molecule has 1 aliphatic rings. The van der Waals surface area contributed by atoms with Gasteiger partial charge >= 0.3 is 6.03 Å². The molecule has 2 N–H and O–H groups in total. The first-order valence-corrected chi connectivity index (χ1v) is 14.3. The number of rotatable bonds is 5. The van der Waals surface area contributed by atoms with Crippen molar-refractivity contribution in [1.29, 1.82) is 0 Å². The van der Waals surface area contributed by atoms with E-state index in [1.165, 1.54) is 42.5 Å². The molecule has 14 heteroatoms. The number of anilines is 2. The van der Waals surface area contributed by atoms with Crippen LogP contribution in [0.3, 0.4) is 0 Å². The first-order valence-electron chi connectivity index (χ1n) is 9.68. The van der Waals surface area contributed by atoms with Gasteiger partial charge in [0.25, 0.3) is 5.91 Å². The molecule has 9 nitrogen and oxygen atoms in total. The Morgan fingerprint density at radius 2 is 1.83 bits per heavy atom. The van der Waals surface area contributed by atoms with Crippen molar-refractivity contribution in [1.82, 2.24) is 4.72 Å². The van der Waals surface area contributed by atoms with E-state index >= 15 is 0 Å². The third-order valence-corrected chi connectivity index (χ3v) is 8.91. The van der Waals surface area contributed by atoms with Gasteiger partial charge in [-0.15, -0.1) is 11.3 Å². The molecule has 0 saturated heterocycles. The summed E-state index contributed by atoms with van der Waals surface area (Å²) < 4.78 is 39.0. The topological polar surface area (TPSA) is 130 Å². The highest BCUT2D eigenvalue weighted by Crippen LogP contribution is 2.34. The third kappa shape index (κ3) is 5.41. The second-order valence-electron chi connectivity index (χ2n) is 7.35. The van der Waals surface area contributed by atoms with Gasteiger partial charge in [0.05, 0.1) is 26.4 Å². The van der Waals surface area contributed by atoms with Gasteiger partial charge in [0.1, 0.15) is 4.21 Å². The van der Waals surface area contributed by atoms with Gasteiger partial charge in [0, 0.05) is 17.5 Å². The van der Waals surface area contributed by atoms with Crippen LogP contribution < -0.4 is 14.9 Å². The van der Waals surface area contributed by atoms with Crippen LogP contribution in [0.5, 0.6) is 0 Å². The van der Waals surface area contributed by atoms with Crippen LogP contribution in [0.15, 0.2) is 57.6 Å². The first kappa shape index (κ1) is 25.3. The van der Waals surface area contributed by atoms with Crippen LogP contribution in [0.25, 0.3) is 0 Å². The van der Waals surface area contributed by atoms with Crippen molar-refractivity contribution >= 4 is 84.6 Å². The predicted molar refractivity (Wildman–Crippen MR) is 134 cm³/mol. The minimum atomic E-state index is -3.56.